The summed E-state index contributed by atoms with van der Waals surface area (Å²) in [5, 5.41) is 0. The van der Waals surface area contributed by atoms with Gasteiger partial charge >= 0.3 is 0 Å². The fourth-order valence-corrected chi connectivity index (χ4v) is 1.95. The van der Waals surface area contributed by atoms with Crippen molar-refractivity contribution in [1.29, 1.82) is 0 Å². The summed E-state index contributed by atoms with van der Waals surface area (Å²) >= 11 is 0. The van der Waals surface area contributed by atoms with E-state index in [-0.39, 0.29) is 5.78 Å². The van der Waals surface area contributed by atoms with E-state index in [2.05, 4.69) is 6.92 Å². The third kappa shape index (κ3) is 3.76. The second-order valence-electron chi connectivity index (χ2n) is 4.27. The monoisotopic (exact) mass is 250 g/mol. The first kappa shape index (κ1) is 14.6. The van der Waals surface area contributed by atoms with Crippen LogP contribution < -0.4 is 9.47 Å². The van der Waals surface area contributed by atoms with Gasteiger partial charge in [-0.3, -0.25) is 4.79 Å². The highest BCUT2D eigenvalue weighted by atomic mass is 16.5. The highest BCUT2D eigenvalue weighted by Gasteiger charge is 2.15. The first-order chi connectivity index (χ1) is 8.74. The van der Waals surface area contributed by atoms with E-state index in [0.29, 0.717) is 23.5 Å². The van der Waals surface area contributed by atoms with E-state index in [0.717, 1.165) is 12.8 Å². The van der Waals surface area contributed by atoms with Crippen molar-refractivity contribution in [2.45, 2.75) is 39.0 Å². The van der Waals surface area contributed by atoms with Gasteiger partial charge in [0, 0.05) is 6.42 Å². The molecule has 3 heteroatoms. The van der Waals surface area contributed by atoms with E-state index >= 15 is 0 Å². The molecule has 0 aromatic heterocycles. The Kier molecular flexibility index (Phi) is 6.26. The summed E-state index contributed by atoms with van der Waals surface area (Å²) < 4.78 is 10.5. The first-order valence-corrected chi connectivity index (χ1v) is 6.48. The SMILES string of the molecule is CCCCCCC(=O)c1cccc(OC)c1OC. The Morgan fingerprint density at radius 3 is 2.50 bits per heavy atom. The molecule has 0 saturated heterocycles. The number of ether oxygens (including phenoxy) is 2. The number of benzene rings is 1. The Balaban J connectivity index is 2.72. The normalized spacial score (nSPS) is 10.2. The maximum absolute atomic E-state index is 12.1. The number of Topliss-reactive ketones (excluding diaryl/α,β-unsaturated/α-hetero) is 1. The van der Waals surface area contributed by atoms with Crippen LogP contribution in [0.25, 0.3) is 0 Å². The Morgan fingerprint density at radius 2 is 1.89 bits per heavy atom. The van der Waals surface area contributed by atoms with Crippen molar-refractivity contribution in [2.75, 3.05) is 14.2 Å². The van der Waals surface area contributed by atoms with Crippen molar-refractivity contribution < 1.29 is 14.3 Å². The molecule has 0 bridgehead atoms. The number of hydrogen-bond donors (Lipinski definition) is 0. The van der Waals surface area contributed by atoms with Gasteiger partial charge in [0.25, 0.3) is 0 Å². The molecule has 0 saturated carbocycles. The van der Waals surface area contributed by atoms with Gasteiger partial charge in [0.1, 0.15) is 0 Å². The van der Waals surface area contributed by atoms with Gasteiger partial charge in [-0.1, -0.05) is 32.3 Å². The maximum atomic E-state index is 12.1. The third-order valence-electron chi connectivity index (χ3n) is 2.96. The lowest BCUT2D eigenvalue weighted by Gasteiger charge is -2.11. The molecule has 0 aliphatic carbocycles. The smallest absolute Gasteiger partial charge is 0.171 e. The van der Waals surface area contributed by atoms with Gasteiger partial charge in [-0.15, -0.1) is 0 Å². The summed E-state index contributed by atoms with van der Waals surface area (Å²) in [4.78, 5) is 12.1. The number of hydrogen-bond acceptors (Lipinski definition) is 3. The third-order valence-corrected chi connectivity index (χ3v) is 2.96. The zero-order chi connectivity index (χ0) is 13.4. The number of methoxy groups -OCH3 is 2. The fraction of sp³-hybridized carbons (Fsp3) is 0.533. The van der Waals surface area contributed by atoms with Gasteiger partial charge in [0.05, 0.1) is 19.8 Å². The van der Waals surface area contributed by atoms with Crippen LogP contribution >= 0.6 is 0 Å². The van der Waals surface area contributed by atoms with Crippen LogP contribution in [0.4, 0.5) is 0 Å². The number of rotatable bonds is 8. The predicted molar refractivity (Wildman–Crippen MR) is 72.6 cm³/mol. The van der Waals surface area contributed by atoms with Crippen molar-refractivity contribution in [3.63, 3.8) is 0 Å². The van der Waals surface area contributed by atoms with Gasteiger partial charge in [0.2, 0.25) is 0 Å². The second-order valence-corrected chi connectivity index (χ2v) is 4.27. The summed E-state index contributed by atoms with van der Waals surface area (Å²) in [5.74, 6) is 1.28. The van der Waals surface area contributed by atoms with E-state index in [9.17, 15) is 4.79 Å². The molecular formula is C15H22O3. The largest absolute Gasteiger partial charge is 0.493 e. The Morgan fingerprint density at radius 1 is 1.11 bits per heavy atom. The van der Waals surface area contributed by atoms with Crippen molar-refractivity contribution in [2.24, 2.45) is 0 Å². The second kappa shape index (κ2) is 7.75. The number of para-hydroxylation sites is 1. The van der Waals surface area contributed by atoms with E-state index in [1.54, 1.807) is 26.4 Å². The topological polar surface area (TPSA) is 35.5 Å². The molecule has 100 valence electrons. The number of carbonyl (C=O) groups excluding carboxylic acids is 1. The zero-order valence-electron chi connectivity index (χ0n) is 11.5. The average Bonchev–Trinajstić information content (AvgIpc) is 2.42. The van der Waals surface area contributed by atoms with Gasteiger partial charge in [-0.2, -0.15) is 0 Å². The molecule has 18 heavy (non-hydrogen) atoms. The van der Waals surface area contributed by atoms with Crippen LogP contribution in [0.2, 0.25) is 0 Å². The van der Waals surface area contributed by atoms with Crippen molar-refractivity contribution in [3.8, 4) is 11.5 Å². The Bertz CT molecular complexity index is 385. The quantitative estimate of drug-likeness (QED) is 0.519. The fourth-order valence-electron chi connectivity index (χ4n) is 1.95. The van der Waals surface area contributed by atoms with Gasteiger partial charge in [0.15, 0.2) is 17.3 Å². The Hall–Kier alpha value is -1.51. The molecule has 0 fully saturated rings. The average molecular weight is 250 g/mol. The molecule has 0 aliphatic heterocycles. The molecule has 3 nitrogen and oxygen atoms in total. The first-order valence-electron chi connectivity index (χ1n) is 6.48. The summed E-state index contributed by atoms with van der Waals surface area (Å²) in [6, 6.07) is 5.41. The maximum Gasteiger partial charge on any atom is 0.171 e. The van der Waals surface area contributed by atoms with E-state index < -0.39 is 0 Å². The minimum atomic E-state index is 0.127. The van der Waals surface area contributed by atoms with Crippen molar-refractivity contribution >= 4 is 5.78 Å². The van der Waals surface area contributed by atoms with Gasteiger partial charge in [-0.25, -0.2) is 0 Å². The molecule has 0 heterocycles. The van der Waals surface area contributed by atoms with E-state index in [4.69, 9.17) is 9.47 Å². The summed E-state index contributed by atoms with van der Waals surface area (Å²) in [6.07, 6.45) is 4.98. The molecule has 1 aromatic carbocycles. The van der Waals surface area contributed by atoms with Crippen LogP contribution in [0.1, 0.15) is 49.4 Å². The van der Waals surface area contributed by atoms with Crippen molar-refractivity contribution in [1.82, 2.24) is 0 Å². The molecule has 1 rings (SSSR count). The summed E-state index contributed by atoms with van der Waals surface area (Å²) in [6.45, 7) is 2.16. The number of ketones is 1. The van der Waals surface area contributed by atoms with Crippen molar-refractivity contribution in [3.05, 3.63) is 23.8 Å². The predicted octanol–water partition coefficient (Wildman–Crippen LogP) is 3.86. The van der Waals surface area contributed by atoms with Crippen LogP contribution in [-0.2, 0) is 0 Å². The molecular weight excluding hydrogens is 228 g/mol. The molecule has 1 aromatic rings. The molecule has 0 radical (unpaired) electrons. The lowest BCUT2D eigenvalue weighted by Crippen LogP contribution is -2.03. The molecule has 0 unspecified atom stereocenters. The summed E-state index contributed by atoms with van der Waals surface area (Å²) in [5.41, 5.74) is 0.619. The van der Waals surface area contributed by atoms with E-state index in [1.807, 2.05) is 6.07 Å². The highest BCUT2D eigenvalue weighted by molar-refractivity contribution is 5.99. The summed E-state index contributed by atoms with van der Waals surface area (Å²) in [7, 11) is 3.14. The van der Waals surface area contributed by atoms with Gasteiger partial charge in [-0.05, 0) is 18.6 Å². The Labute approximate surface area is 109 Å². The van der Waals surface area contributed by atoms with Gasteiger partial charge < -0.3 is 9.47 Å². The lowest BCUT2D eigenvalue weighted by molar-refractivity contribution is 0.0975. The minimum absolute atomic E-state index is 0.127. The van der Waals surface area contributed by atoms with Crippen LogP contribution in [0.3, 0.4) is 0 Å². The molecule has 0 amide bonds. The standard InChI is InChI=1S/C15H22O3/c1-4-5-6-7-10-13(16)12-9-8-11-14(17-2)15(12)18-3/h8-9,11H,4-7,10H2,1-3H3. The number of unbranched alkanes of at least 4 members (excludes halogenated alkanes) is 3. The lowest BCUT2D eigenvalue weighted by atomic mass is 10.0. The molecule has 0 atom stereocenters. The van der Waals surface area contributed by atoms with Crippen LogP contribution in [-0.4, -0.2) is 20.0 Å². The van der Waals surface area contributed by atoms with Crippen LogP contribution in [0, 0.1) is 0 Å². The van der Waals surface area contributed by atoms with Crippen LogP contribution in [0.15, 0.2) is 18.2 Å². The zero-order valence-corrected chi connectivity index (χ0v) is 11.5. The number of carbonyl (C=O) groups is 1. The minimum Gasteiger partial charge on any atom is -0.493 e. The van der Waals surface area contributed by atoms with E-state index in [1.165, 1.54) is 12.8 Å². The highest BCUT2D eigenvalue weighted by Crippen LogP contribution is 2.31. The molecule has 0 spiro atoms. The molecule has 0 aliphatic rings. The molecule has 0 N–H and O–H groups in total. The van der Waals surface area contributed by atoms with Crippen LogP contribution in [0.5, 0.6) is 11.5 Å².